The van der Waals surface area contributed by atoms with Gasteiger partial charge in [-0.3, -0.25) is 0 Å². The van der Waals surface area contributed by atoms with Crippen molar-refractivity contribution in [3.8, 4) is 0 Å². The van der Waals surface area contributed by atoms with Gasteiger partial charge in [-0.2, -0.15) is 4.31 Å². The first-order valence-electron chi connectivity index (χ1n) is 8.45. The van der Waals surface area contributed by atoms with Crippen LogP contribution in [0.5, 0.6) is 0 Å². The van der Waals surface area contributed by atoms with E-state index < -0.39 is 10.0 Å². The van der Waals surface area contributed by atoms with Crippen molar-refractivity contribution in [2.75, 3.05) is 19.6 Å². The molecule has 134 valence electrons. The van der Waals surface area contributed by atoms with Crippen LogP contribution < -0.4 is 5.32 Å². The molecule has 1 aromatic carbocycles. The lowest BCUT2D eigenvalue weighted by molar-refractivity contribution is 0.307. The fourth-order valence-corrected chi connectivity index (χ4v) is 5.53. The van der Waals surface area contributed by atoms with Crippen LogP contribution in [0.3, 0.4) is 0 Å². The molecule has 0 amide bonds. The van der Waals surface area contributed by atoms with E-state index in [9.17, 15) is 8.42 Å². The highest BCUT2D eigenvalue weighted by molar-refractivity contribution is 7.89. The van der Waals surface area contributed by atoms with E-state index >= 15 is 0 Å². The molecule has 0 unspecified atom stereocenters. The van der Waals surface area contributed by atoms with E-state index in [1.54, 1.807) is 24.3 Å². The van der Waals surface area contributed by atoms with Crippen LogP contribution in [0.1, 0.15) is 30.4 Å². The molecular formula is C16H20ClN5O2S. The normalized spacial score (nSPS) is 19.7. The molecule has 2 aliphatic rings. The van der Waals surface area contributed by atoms with Gasteiger partial charge in [-0.15, -0.1) is 10.2 Å². The van der Waals surface area contributed by atoms with Crippen molar-refractivity contribution in [1.82, 2.24) is 24.4 Å². The molecule has 0 aliphatic carbocycles. The van der Waals surface area contributed by atoms with Crippen molar-refractivity contribution in [2.45, 2.75) is 36.7 Å². The zero-order valence-electron chi connectivity index (χ0n) is 13.7. The van der Waals surface area contributed by atoms with E-state index in [0.717, 1.165) is 44.1 Å². The molecule has 7 nitrogen and oxygen atoms in total. The van der Waals surface area contributed by atoms with E-state index in [-0.39, 0.29) is 15.8 Å². The van der Waals surface area contributed by atoms with Gasteiger partial charge in [0.2, 0.25) is 10.0 Å². The Hall–Kier alpha value is -1.48. The summed E-state index contributed by atoms with van der Waals surface area (Å²) in [5, 5.41) is 12.2. The highest BCUT2D eigenvalue weighted by Crippen LogP contribution is 2.32. The summed E-state index contributed by atoms with van der Waals surface area (Å²) < 4.78 is 29.4. The van der Waals surface area contributed by atoms with E-state index in [4.69, 9.17) is 11.6 Å². The van der Waals surface area contributed by atoms with Crippen LogP contribution >= 0.6 is 11.6 Å². The van der Waals surface area contributed by atoms with Crippen LogP contribution in [0.2, 0.25) is 5.02 Å². The Labute approximate surface area is 152 Å². The first-order chi connectivity index (χ1) is 12.1. The third-order valence-corrected chi connectivity index (χ3v) is 7.32. The minimum absolute atomic E-state index is 0.182. The molecule has 1 N–H and O–H groups in total. The fraction of sp³-hybridized carbons (Fsp3) is 0.500. The number of hydrogen-bond acceptors (Lipinski definition) is 5. The van der Waals surface area contributed by atoms with E-state index in [2.05, 4.69) is 20.1 Å². The van der Waals surface area contributed by atoms with Crippen LogP contribution in [0.25, 0.3) is 0 Å². The number of hydrogen-bond donors (Lipinski definition) is 1. The molecule has 25 heavy (non-hydrogen) atoms. The van der Waals surface area contributed by atoms with Crippen LogP contribution in [-0.2, 0) is 23.1 Å². The Morgan fingerprint density at radius 3 is 2.64 bits per heavy atom. The van der Waals surface area contributed by atoms with Gasteiger partial charge < -0.3 is 9.88 Å². The summed E-state index contributed by atoms with van der Waals surface area (Å²) in [5.41, 5.74) is 0. The monoisotopic (exact) mass is 381 g/mol. The molecule has 2 aliphatic heterocycles. The lowest BCUT2D eigenvalue weighted by atomic mass is 9.97. The summed E-state index contributed by atoms with van der Waals surface area (Å²) in [6.07, 6.45) is 1.49. The Morgan fingerprint density at radius 1 is 1.12 bits per heavy atom. The van der Waals surface area contributed by atoms with E-state index in [0.29, 0.717) is 13.1 Å². The molecule has 0 bridgehead atoms. The quantitative estimate of drug-likeness (QED) is 0.873. The number of nitrogens with zero attached hydrogens (tertiary/aromatic N) is 4. The van der Waals surface area contributed by atoms with Gasteiger partial charge in [0.25, 0.3) is 0 Å². The Kier molecular flexibility index (Phi) is 4.53. The number of benzene rings is 1. The minimum atomic E-state index is -3.55. The standard InChI is InChI=1S/C16H20ClN5O2S/c17-13-3-1-2-4-14(13)25(23,24)21-8-5-12(6-9-21)16-20-19-15-11-18-7-10-22(15)16/h1-4,12,18H,5-11H2. The molecule has 0 saturated carbocycles. The summed E-state index contributed by atoms with van der Waals surface area (Å²) in [4.78, 5) is 0.182. The van der Waals surface area contributed by atoms with Gasteiger partial charge in [0, 0.05) is 32.1 Å². The average Bonchev–Trinajstić information content (AvgIpc) is 3.06. The highest BCUT2D eigenvalue weighted by Gasteiger charge is 2.33. The van der Waals surface area contributed by atoms with Gasteiger partial charge in [-0.05, 0) is 25.0 Å². The predicted octanol–water partition coefficient (Wildman–Crippen LogP) is 1.60. The van der Waals surface area contributed by atoms with Crippen molar-refractivity contribution in [3.63, 3.8) is 0 Å². The zero-order valence-corrected chi connectivity index (χ0v) is 15.3. The summed E-state index contributed by atoms with van der Waals surface area (Å²) in [7, 11) is -3.55. The van der Waals surface area contributed by atoms with Crippen molar-refractivity contribution in [3.05, 3.63) is 40.9 Å². The Balaban J connectivity index is 1.50. The number of sulfonamides is 1. The molecule has 2 aromatic rings. The van der Waals surface area contributed by atoms with Gasteiger partial charge in [-0.1, -0.05) is 23.7 Å². The number of nitrogens with one attached hydrogen (secondary N) is 1. The summed E-state index contributed by atoms with van der Waals surface area (Å²) >= 11 is 6.08. The van der Waals surface area contributed by atoms with Gasteiger partial charge in [0.05, 0.1) is 11.6 Å². The molecule has 0 radical (unpaired) electrons. The third-order valence-electron chi connectivity index (χ3n) is 4.92. The zero-order chi connectivity index (χ0) is 17.4. The summed E-state index contributed by atoms with van der Waals surface area (Å²) in [6, 6.07) is 6.60. The summed E-state index contributed by atoms with van der Waals surface area (Å²) in [5.74, 6) is 2.20. The number of halogens is 1. The lowest BCUT2D eigenvalue weighted by Crippen LogP contribution is -2.39. The van der Waals surface area contributed by atoms with Gasteiger partial charge in [0.1, 0.15) is 16.5 Å². The maximum Gasteiger partial charge on any atom is 0.244 e. The Bertz CT molecular complexity index is 874. The van der Waals surface area contributed by atoms with Gasteiger partial charge in [0.15, 0.2) is 0 Å². The first kappa shape index (κ1) is 17.0. The van der Waals surface area contributed by atoms with Gasteiger partial charge in [-0.25, -0.2) is 8.42 Å². The maximum absolute atomic E-state index is 12.8. The van der Waals surface area contributed by atoms with Crippen LogP contribution in [-0.4, -0.2) is 47.1 Å². The maximum atomic E-state index is 12.8. The van der Waals surface area contributed by atoms with Crippen LogP contribution in [0.15, 0.2) is 29.2 Å². The number of fused-ring (bicyclic) bond motifs is 1. The summed E-state index contributed by atoms with van der Waals surface area (Å²) in [6.45, 7) is 3.47. The second-order valence-electron chi connectivity index (χ2n) is 6.41. The van der Waals surface area contributed by atoms with Crippen molar-refractivity contribution >= 4 is 21.6 Å². The fourth-order valence-electron chi connectivity index (χ4n) is 3.56. The molecule has 4 rings (SSSR count). The van der Waals surface area contributed by atoms with E-state index in [1.165, 1.54) is 4.31 Å². The third kappa shape index (κ3) is 3.08. The molecule has 9 heteroatoms. The molecule has 0 atom stereocenters. The second-order valence-corrected chi connectivity index (χ2v) is 8.73. The topological polar surface area (TPSA) is 80.1 Å². The van der Waals surface area contributed by atoms with Crippen LogP contribution in [0, 0.1) is 0 Å². The molecule has 3 heterocycles. The van der Waals surface area contributed by atoms with Gasteiger partial charge >= 0.3 is 0 Å². The van der Waals surface area contributed by atoms with Crippen LogP contribution in [0.4, 0.5) is 0 Å². The van der Waals surface area contributed by atoms with Crippen molar-refractivity contribution in [2.24, 2.45) is 0 Å². The van der Waals surface area contributed by atoms with Crippen molar-refractivity contribution in [1.29, 1.82) is 0 Å². The first-order valence-corrected chi connectivity index (χ1v) is 10.3. The average molecular weight is 382 g/mol. The molecule has 1 aromatic heterocycles. The molecule has 0 spiro atoms. The molecular weight excluding hydrogens is 362 g/mol. The largest absolute Gasteiger partial charge is 0.312 e. The predicted molar refractivity (Wildman–Crippen MR) is 93.9 cm³/mol. The van der Waals surface area contributed by atoms with E-state index in [1.807, 2.05) is 0 Å². The molecule has 1 saturated heterocycles. The second kappa shape index (κ2) is 6.68. The SMILES string of the molecule is O=S(=O)(c1ccccc1Cl)N1CCC(c2nnc3n2CCNC3)CC1. The number of rotatable bonds is 3. The smallest absolute Gasteiger partial charge is 0.244 e. The Morgan fingerprint density at radius 2 is 1.88 bits per heavy atom. The minimum Gasteiger partial charge on any atom is -0.312 e. The number of aromatic nitrogens is 3. The number of piperidine rings is 1. The lowest BCUT2D eigenvalue weighted by Gasteiger charge is -2.31. The highest BCUT2D eigenvalue weighted by atomic mass is 35.5. The molecule has 1 fully saturated rings. The van der Waals surface area contributed by atoms with Crippen molar-refractivity contribution < 1.29 is 8.42 Å².